The summed E-state index contributed by atoms with van der Waals surface area (Å²) in [5, 5.41) is 12.3. The number of ether oxygens (including phenoxy) is 1. The molecule has 5 heteroatoms. The molecule has 0 bridgehead atoms. The van der Waals surface area contributed by atoms with Gasteiger partial charge in [0.25, 0.3) is 0 Å². The van der Waals surface area contributed by atoms with Crippen molar-refractivity contribution < 1.29 is 19.4 Å². The van der Waals surface area contributed by atoms with Crippen molar-refractivity contribution in [1.29, 1.82) is 0 Å². The van der Waals surface area contributed by atoms with Crippen molar-refractivity contribution >= 4 is 11.9 Å². The zero-order valence-corrected chi connectivity index (χ0v) is 13.8. The van der Waals surface area contributed by atoms with Crippen LogP contribution in [0.1, 0.15) is 45.1 Å². The number of rotatable bonds is 6. The zero-order valence-electron chi connectivity index (χ0n) is 13.8. The minimum atomic E-state index is -1.10. The van der Waals surface area contributed by atoms with Gasteiger partial charge in [-0.3, -0.25) is 4.79 Å². The van der Waals surface area contributed by atoms with E-state index in [1.807, 2.05) is 31.2 Å². The lowest BCUT2D eigenvalue weighted by Crippen LogP contribution is -2.56. The first-order chi connectivity index (χ1) is 10.9. The van der Waals surface area contributed by atoms with E-state index in [1.54, 1.807) is 0 Å². The summed E-state index contributed by atoms with van der Waals surface area (Å²) in [6, 6.07) is 7.31. The van der Waals surface area contributed by atoms with E-state index in [0.29, 0.717) is 25.4 Å². The van der Waals surface area contributed by atoms with Gasteiger partial charge in [-0.1, -0.05) is 19.1 Å². The lowest BCUT2D eigenvalue weighted by atomic mass is 9.77. The van der Waals surface area contributed by atoms with Gasteiger partial charge in [-0.25, -0.2) is 4.79 Å². The third-order valence-electron chi connectivity index (χ3n) is 4.51. The summed E-state index contributed by atoms with van der Waals surface area (Å²) in [5.41, 5.74) is -0.259. The minimum Gasteiger partial charge on any atom is -0.494 e. The molecule has 0 aromatic heterocycles. The average Bonchev–Trinajstić information content (AvgIpc) is 2.52. The number of hydrogen-bond donors (Lipinski definition) is 2. The van der Waals surface area contributed by atoms with Gasteiger partial charge >= 0.3 is 5.97 Å². The van der Waals surface area contributed by atoms with Crippen molar-refractivity contribution in [3.8, 4) is 5.75 Å². The Balaban J connectivity index is 1.98. The van der Waals surface area contributed by atoms with Crippen molar-refractivity contribution in [1.82, 2.24) is 5.32 Å². The van der Waals surface area contributed by atoms with Crippen LogP contribution in [-0.2, 0) is 16.0 Å². The number of carboxylic acid groups (broad SMARTS) is 1. The molecule has 0 unspecified atom stereocenters. The first kappa shape index (κ1) is 17.3. The van der Waals surface area contributed by atoms with E-state index in [9.17, 15) is 14.7 Å². The van der Waals surface area contributed by atoms with Gasteiger partial charge in [0.2, 0.25) is 5.91 Å². The SMILES string of the molecule is CCOc1ccc(CC(=O)NC2(C(=O)O)CCC(C)CC2)cc1. The summed E-state index contributed by atoms with van der Waals surface area (Å²) in [6.45, 7) is 4.63. The monoisotopic (exact) mass is 319 g/mol. The smallest absolute Gasteiger partial charge is 0.329 e. The molecule has 0 atom stereocenters. The molecule has 2 rings (SSSR count). The van der Waals surface area contributed by atoms with Crippen LogP contribution in [0.2, 0.25) is 0 Å². The molecule has 1 fully saturated rings. The summed E-state index contributed by atoms with van der Waals surface area (Å²) < 4.78 is 5.37. The molecule has 0 spiro atoms. The van der Waals surface area contributed by atoms with Gasteiger partial charge < -0.3 is 15.2 Å². The Morgan fingerprint density at radius 2 is 1.87 bits per heavy atom. The van der Waals surface area contributed by atoms with Gasteiger partial charge in [-0.2, -0.15) is 0 Å². The second-order valence-electron chi connectivity index (χ2n) is 6.37. The summed E-state index contributed by atoms with van der Waals surface area (Å²) >= 11 is 0. The van der Waals surface area contributed by atoms with Gasteiger partial charge in [0.1, 0.15) is 11.3 Å². The maximum atomic E-state index is 12.3. The Labute approximate surface area is 137 Å². The summed E-state index contributed by atoms with van der Waals surface area (Å²) in [5.74, 6) is 0.112. The van der Waals surface area contributed by atoms with Gasteiger partial charge in [0.15, 0.2) is 0 Å². The van der Waals surface area contributed by atoms with E-state index in [2.05, 4.69) is 12.2 Å². The van der Waals surface area contributed by atoms with Gasteiger partial charge in [-0.15, -0.1) is 0 Å². The van der Waals surface area contributed by atoms with Gasteiger partial charge in [-0.05, 0) is 56.2 Å². The lowest BCUT2D eigenvalue weighted by molar-refractivity contribution is -0.149. The molecule has 0 radical (unpaired) electrons. The van der Waals surface area contributed by atoms with Gasteiger partial charge in [0, 0.05) is 0 Å². The highest BCUT2D eigenvalue weighted by molar-refractivity contribution is 5.88. The van der Waals surface area contributed by atoms with E-state index in [1.165, 1.54) is 0 Å². The predicted molar refractivity (Wildman–Crippen MR) is 87.5 cm³/mol. The Bertz CT molecular complexity index is 545. The molecule has 1 aliphatic rings. The van der Waals surface area contributed by atoms with E-state index < -0.39 is 11.5 Å². The summed E-state index contributed by atoms with van der Waals surface area (Å²) in [4.78, 5) is 23.9. The number of amides is 1. The van der Waals surface area contributed by atoms with Crippen LogP contribution in [0.3, 0.4) is 0 Å². The number of nitrogens with one attached hydrogen (secondary N) is 1. The number of carbonyl (C=O) groups is 2. The summed E-state index contributed by atoms with van der Waals surface area (Å²) in [6.07, 6.45) is 2.83. The largest absolute Gasteiger partial charge is 0.494 e. The van der Waals surface area contributed by atoms with Crippen LogP contribution < -0.4 is 10.1 Å². The second-order valence-corrected chi connectivity index (χ2v) is 6.37. The molecule has 1 aliphatic carbocycles. The Morgan fingerprint density at radius 1 is 1.26 bits per heavy atom. The molecule has 0 saturated heterocycles. The molecular formula is C18H25NO4. The number of benzene rings is 1. The maximum Gasteiger partial charge on any atom is 0.329 e. The first-order valence-electron chi connectivity index (χ1n) is 8.21. The maximum absolute atomic E-state index is 12.3. The van der Waals surface area contributed by atoms with Gasteiger partial charge in [0.05, 0.1) is 13.0 Å². The predicted octanol–water partition coefficient (Wildman–Crippen LogP) is 2.78. The number of hydrogen-bond acceptors (Lipinski definition) is 3. The van der Waals surface area contributed by atoms with Crippen LogP contribution in [0.25, 0.3) is 0 Å². The third kappa shape index (κ3) is 4.47. The number of aliphatic carboxylic acids is 1. The van der Waals surface area contributed by atoms with Crippen LogP contribution >= 0.6 is 0 Å². The van der Waals surface area contributed by atoms with Crippen LogP contribution in [0, 0.1) is 5.92 Å². The molecule has 1 aromatic rings. The minimum absolute atomic E-state index is 0.178. The Morgan fingerprint density at radius 3 is 2.39 bits per heavy atom. The highest BCUT2D eigenvalue weighted by Crippen LogP contribution is 2.32. The fourth-order valence-electron chi connectivity index (χ4n) is 3.01. The quantitative estimate of drug-likeness (QED) is 0.845. The second kappa shape index (κ2) is 7.49. The van der Waals surface area contributed by atoms with Crippen LogP contribution in [0.4, 0.5) is 0 Å². The molecular weight excluding hydrogens is 294 g/mol. The van der Waals surface area contributed by atoms with Crippen molar-refractivity contribution in [2.75, 3.05) is 6.61 Å². The highest BCUT2D eigenvalue weighted by Gasteiger charge is 2.42. The molecule has 5 nitrogen and oxygen atoms in total. The standard InChI is InChI=1S/C18H25NO4/c1-3-23-15-6-4-14(5-7-15)12-16(20)19-18(17(21)22)10-8-13(2)9-11-18/h4-7,13H,3,8-12H2,1-2H3,(H,19,20)(H,21,22). The average molecular weight is 319 g/mol. The molecule has 1 aromatic carbocycles. The normalized spacial score (nSPS) is 24.0. The van der Waals surface area contributed by atoms with Crippen molar-refractivity contribution in [3.05, 3.63) is 29.8 Å². The number of carboxylic acids is 1. The van der Waals surface area contributed by atoms with Crippen molar-refractivity contribution in [2.45, 2.75) is 51.5 Å². The molecule has 1 saturated carbocycles. The van der Waals surface area contributed by atoms with Crippen LogP contribution in [0.15, 0.2) is 24.3 Å². The highest BCUT2D eigenvalue weighted by atomic mass is 16.5. The zero-order chi connectivity index (χ0) is 16.9. The Kier molecular flexibility index (Phi) is 5.64. The van der Waals surface area contributed by atoms with Crippen LogP contribution in [-0.4, -0.2) is 29.1 Å². The van der Waals surface area contributed by atoms with Crippen molar-refractivity contribution in [2.24, 2.45) is 5.92 Å². The molecule has 1 amide bonds. The molecule has 126 valence electrons. The van der Waals surface area contributed by atoms with Crippen LogP contribution in [0.5, 0.6) is 5.75 Å². The molecule has 0 aliphatic heterocycles. The third-order valence-corrected chi connectivity index (χ3v) is 4.51. The molecule has 23 heavy (non-hydrogen) atoms. The number of carbonyl (C=O) groups excluding carboxylic acids is 1. The Hall–Kier alpha value is -2.04. The molecule has 0 heterocycles. The molecule has 2 N–H and O–H groups in total. The van der Waals surface area contributed by atoms with E-state index in [-0.39, 0.29) is 12.3 Å². The lowest BCUT2D eigenvalue weighted by Gasteiger charge is -2.36. The first-order valence-corrected chi connectivity index (χ1v) is 8.21. The topological polar surface area (TPSA) is 75.6 Å². The fourth-order valence-corrected chi connectivity index (χ4v) is 3.01. The summed E-state index contributed by atoms with van der Waals surface area (Å²) in [7, 11) is 0. The van der Waals surface area contributed by atoms with E-state index in [4.69, 9.17) is 4.74 Å². The van der Waals surface area contributed by atoms with E-state index in [0.717, 1.165) is 24.2 Å². The fraction of sp³-hybridized carbons (Fsp3) is 0.556. The van der Waals surface area contributed by atoms with E-state index >= 15 is 0 Å². The van der Waals surface area contributed by atoms with Crippen molar-refractivity contribution in [3.63, 3.8) is 0 Å².